The molecule has 0 heterocycles. The molecule has 0 amide bonds. The molecule has 0 aliphatic carbocycles. The lowest BCUT2D eigenvalue weighted by molar-refractivity contribution is 0.0958. The fraction of sp³-hybridized carbons (Fsp3) is 0.200. The minimum atomic E-state index is -0.376. The molecule has 0 spiro atoms. The highest BCUT2D eigenvalue weighted by Crippen LogP contribution is 2.48. The van der Waals surface area contributed by atoms with Crippen molar-refractivity contribution in [2.24, 2.45) is 0 Å². The van der Waals surface area contributed by atoms with Crippen LogP contribution in [0.25, 0.3) is 54.9 Å². The number of fused-ring (bicyclic) bond motifs is 2. The third-order valence-corrected chi connectivity index (χ3v) is 7.26. The van der Waals surface area contributed by atoms with Gasteiger partial charge in [-0.1, -0.05) is 109 Å². The van der Waals surface area contributed by atoms with Crippen molar-refractivity contribution < 1.29 is 9.47 Å². The maximum atomic E-state index is 6.51. The van der Waals surface area contributed by atoms with Gasteiger partial charge in [0, 0.05) is 0 Å². The number of hydrogen-bond donors (Lipinski definition) is 0. The number of rotatable bonds is 5. The van der Waals surface area contributed by atoms with Crippen LogP contribution in [0.4, 0.5) is 0 Å². The second-order valence-electron chi connectivity index (χ2n) is 12.8. The van der Waals surface area contributed by atoms with E-state index in [1.54, 1.807) is 0 Å². The van der Waals surface area contributed by atoms with Gasteiger partial charge in [0.15, 0.2) is 11.5 Å². The summed E-state index contributed by atoms with van der Waals surface area (Å²) in [5, 5.41) is 4.94. The van der Waals surface area contributed by atoms with E-state index >= 15 is 0 Å². The summed E-state index contributed by atoms with van der Waals surface area (Å²) >= 11 is 0. The van der Waals surface area contributed by atoms with Gasteiger partial charge < -0.3 is 9.47 Å². The van der Waals surface area contributed by atoms with Crippen molar-refractivity contribution in [2.75, 3.05) is 0 Å². The van der Waals surface area contributed by atoms with E-state index < -0.39 is 0 Å². The van der Waals surface area contributed by atoms with Gasteiger partial charge in [0.1, 0.15) is 11.2 Å². The highest BCUT2D eigenvalue weighted by Gasteiger charge is 2.23. The Labute approximate surface area is 249 Å². The molecule has 2 nitrogen and oxygen atoms in total. The minimum Gasteiger partial charge on any atom is -0.484 e. The summed E-state index contributed by atoms with van der Waals surface area (Å²) in [5.74, 6) is 1.50. The second-order valence-corrected chi connectivity index (χ2v) is 12.8. The molecule has 0 radical (unpaired) electrons. The topological polar surface area (TPSA) is 18.5 Å². The van der Waals surface area contributed by atoms with E-state index in [-0.39, 0.29) is 11.2 Å². The largest absolute Gasteiger partial charge is 0.484 e. The van der Waals surface area contributed by atoms with Gasteiger partial charge in [-0.3, -0.25) is 0 Å². The van der Waals surface area contributed by atoms with Crippen molar-refractivity contribution in [3.05, 3.63) is 121 Å². The Morgan fingerprint density at radius 1 is 0.405 bits per heavy atom. The van der Waals surface area contributed by atoms with Crippen LogP contribution >= 0.6 is 0 Å². The zero-order valence-electron chi connectivity index (χ0n) is 25.4. The van der Waals surface area contributed by atoms with Crippen LogP contribution in [0.15, 0.2) is 121 Å². The first-order valence-electron chi connectivity index (χ1n) is 14.7. The smallest absolute Gasteiger partial charge is 0.162 e. The van der Waals surface area contributed by atoms with Crippen molar-refractivity contribution in [2.45, 2.75) is 52.7 Å². The Balaban J connectivity index is 1.73. The van der Waals surface area contributed by atoms with Crippen LogP contribution in [-0.2, 0) is 0 Å². The molecule has 6 aromatic carbocycles. The molecule has 0 atom stereocenters. The van der Waals surface area contributed by atoms with Gasteiger partial charge in [0.25, 0.3) is 0 Å². The molecule has 0 aliphatic heterocycles. The lowest BCUT2D eigenvalue weighted by Gasteiger charge is -2.28. The van der Waals surface area contributed by atoms with Crippen LogP contribution in [0.1, 0.15) is 41.5 Å². The normalized spacial score (nSPS) is 12.0. The van der Waals surface area contributed by atoms with Gasteiger partial charge in [0.05, 0.1) is 0 Å². The Morgan fingerprint density at radius 3 is 1.50 bits per heavy atom. The monoisotopic (exact) mass is 550 g/mol. The van der Waals surface area contributed by atoms with E-state index in [1.807, 2.05) is 0 Å². The van der Waals surface area contributed by atoms with E-state index in [4.69, 9.17) is 9.47 Å². The summed E-state index contributed by atoms with van der Waals surface area (Å²) in [6.45, 7) is 12.4. The zero-order chi connectivity index (χ0) is 29.5. The van der Waals surface area contributed by atoms with E-state index in [0.717, 1.165) is 22.6 Å². The van der Waals surface area contributed by atoms with Gasteiger partial charge >= 0.3 is 0 Å². The summed E-state index contributed by atoms with van der Waals surface area (Å²) in [5.41, 5.74) is 6.43. The quantitative estimate of drug-likeness (QED) is 0.199. The number of ether oxygens (including phenoxy) is 2. The maximum Gasteiger partial charge on any atom is 0.162 e. The zero-order valence-corrected chi connectivity index (χ0v) is 25.4. The van der Waals surface area contributed by atoms with E-state index in [2.05, 4.69) is 163 Å². The van der Waals surface area contributed by atoms with Crippen LogP contribution in [-0.4, -0.2) is 11.2 Å². The van der Waals surface area contributed by atoms with Crippen molar-refractivity contribution >= 4 is 21.5 Å². The number of hydrogen-bond acceptors (Lipinski definition) is 2. The van der Waals surface area contributed by atoms with Crippen molar-refractivity contribution in [3.8, 4) is 44.9 Å². The predicted molar refractivity (Wildman–Crippen MR) is 179 cm³/mol. The maximum absolute atomic E-state index is 6.51. The first-order chi connectivity index (χ1) is 20.1. The van der Waals surface area contributed by atoms with Gasteiger partial charge in [-0.05, 0) is 109 Å². The van der Waals surface area contributed by atoms with Crippen LogP contribution in [0, 0.1) is 0 Å². The molecule has 6 rings (SSSR count). The average molecular weight is 551 g/mol. The van der Waals surface area contributed by atoms with Gasteiger partial charge in [-0.2, -0.15) is 0 Å². The average Bonchev–Trinajstić information content (AvgIpc) is 2.96. The number of benzene rings is 6. The molecule has 42 heavy (non-hydrogen) atoms. The molecule has 6 aromatic rings. The van der Waals surface area contributed by atoms with Crippen LogP contribution in [0.5, 0.6) is 11.5 Å². The molecule has 0 unspecified atom stereocenters. The van der Waals surface area contributed by atoms with Crippen LogP contribution < -0.4 is 9.47 Å². The fourth-order valence-corrected chi connectivity index (χ4v) is 5.79. The molecule has 0 aliphatic rings. The highest BCUT2D eigenvalue weighted by molar-refractivity contribution is 6.24. The molecule has 0 bridgehead atoms. The van der Waals surface area contributed by atoms with Crippen LogP contribution in [0.3, 0.4) is 0 Å². The highest BCUT2D eigenvalue weighted by atomic mass is 16.5. The Morgan fingerprint density at radius 2 is 0.905 bits per heavy atom. The molecular formula is C40H38O2. The van der Waals surface area contributed by atoms with Crippen molar-refractivity contribution in [3.63, 3.8) is 0 Å². The molecule has 0 saturated carbocycles. The van der Waals surface area contributed by atoms with Crippen LogP contribution in [0.2, 0.25) is 0 Å². The summed E-state index contributed by atoms with van der Waals surface area (Å²) in [7, 11) is 0. The third-order valence-electron chi connectivity index (χ3n) is 7.26. The Bertz CT molecular complexity index is 1870. The van der Waals surface area contributed by atoms with E-state index in [0.29, 0.717) is 0 Å². The van der Waals surface area contributed by atoms with Crippen molar-refractivity contribution in [1.29, 1.82) is 0 Å². The first kappa shape index (κ1) is 27.6. The fourth-order valence-electron chi connectivity index (χ4n) is 5.79. The molecular weight excluding hydrogens is 512 g/mol. The summed E-state index contributed by atoms with van der Waals surface area (Å²) in [6.07, 6.45) is 0. The van der Waals surface area contributed by atoms with E-state index in [1.165, 1.54) is 43.8 Å². The second kappa shape index (κ2) is 10.7. The third kappa shape index (κ3) is 5.50. The van der Waals surface area contributed by atoms with Crippen molar-refractivity contribution in [1.82, 2.24) is 0 Å². The Hall–Kier alpha value is -4.56. The molecule has 0 aromatic heterocycles. The lowest BCUT2D eigenvalue weighted by Crippen LogP contribution is -2.26. The van der Waals surface area contributed by atoms with E-state index in [9.17, 15) is 0 Å². The molecule has 0 N–H and O–H groups in total. The summed E-state index contributed by atoms with van der Waals surface area (Å²) in [4.78, 5) is 0. The van der Waals surface area contributed by atoms with Gasteiger partial charge in [-0.25, -0.2) is 0 Å². The van der Waals surface area contributed by atoms with Gasteiger partial charge in [0.2, 0.25) is 0 Å². The molecule has 0 saturated heterocycles. The first-order valence-corrected chi connectivity index (χ1v) is 14.7. The SMILES string of the molecule is CC(C)(C)Oc1ccc(-c2cccc3c(-c4ccccc4)c4ccccc4c(-c4ccccc4)c23)cc1OC(C)(C)C. The lowest BCUT2D eigenvalue weighted by atomic mass is 9.83. The summed E-state index contributed by atoms with van der Waals surface area (Å²) < 4.78 is 12.9. The minimum absolute atomic E-state index is 0.346. The predicted octanol–water partition coefficient (Wildman–Crippen LogP) is 11.3. The molecule has 0 fully saturated rings. The summed E-state index contributed by atoms with van der Waals surface area (Å²) in [6, 6.07) is 43.4. The molecule has 210 valence electrons. The molecule has 2 heteroatoms. The standard InChI is InChI=1S/C40H38O2/c1-39(2,3)41-34-25-24-29(26-35(34)42-40(4,5)6)30-22-15-23-33-36(27-16-9-7-10-17-27)31-20-13-14-21-32(31)37(38(30)33)28-18-11-8-12-19-28/h7-26H,1-6H3. The Kier molecular flexibility index (Phi) is 7.02. The van der Waals surface area contributed by atoms with Gasteiger partial charge in [-0.15, -0.1) is 0 Å².